The van der Waals surface area contributed by atoms with Gasteiger partial charge in [-0.15, -0.1) is 0 Å². The second-order valence-electron chi connectivity index (χ2n) is 2.53. The van der Waals surface area contributed by atoms with Gasteiger partial charge in [-0.05, 0) is 0 Å². The van der Waals surface area contributed by atoms with E-state index in [-0.39, 0.29) is 12.2 Å². The second-order valence-corrected chi connectivity index (χ2v) is 2.53. The highest BCUT2D eigenvalue weighted by atomic mass is 19.4. The van der Waals surface area contributed by atoms with Crippen LogP contribution in [0.25, 0.3) is 0 Å². The molecule has 0 amide bonds. The van der Waals surface area contributed by atoms with Crippen LogP contribution in [-0.2, 0) is 12.3 Å². The molecule has 1 aromatic rings. The predicted octanol–water partition coefficient (Wildman–Crippen LogP) is 2.02. The molecule has 14 heavy (non-hydrogen) atoms. The van der Waals surface area contributed by atoms with Crippen molar-refractivity contribution in [2.24, 2.45) is 0 Å². The van der Waals surface area contributed by atoms with Gasteiger partial charge in [0, 0.05) is 6.42 Å². The molecule has 3 nitrogen and oxygen atoms in total. The summed E-state index contributed by atoms with van der Waals surface area (Å²) < 4.78 is 60.5. The maximum absolute atomic E-state index is 12.5. The van der Waals surface area contributed by atoms with Crippen molar-refractivity contribution >= 4 is 0 Å². The number of alkyl halides is 5. The Kier molecular flexibility index (Phi) is 2.47. The van der Waals surface area contributed by atoms with Gasteiger partial charge in [0.25, 0.3) is 0 Å². The van der Waals surface area contributed by atoms with E-state index in [0.717, 1.165) is 0 Å². The summed E-state index contributed by atoms with van der Waals surface area (Å²) in [6.45, 7) is 1.55. The quantitative estimate of drug-likeness (QED) is 0.767. The topological polar surface area (TPSA) is 41.6 Å². The summed E-state index contributed by atoms with van der Waals surface area (Å²) in [4.78, 5) is 3.03. The average molecular weight is 215 g/mol. The lowest BCUT2D eigenvalue weighted by Gasteiger charge is -2.15. The number of hydrogen-bond donors (Lipinski definition) is 1. The molecule has 0 fully saturated rings. The zero-order valence-electron chi connectivity index (χ0n) is 6.99. The molecule has 0 saturated carbocycles. The van der Waals surface area contributed by atoms with E-state index < -0.39 is 17.9 Å². The van der Waals surface area contributed by atoms with Crippen LogP contribution < -0.4 is 0 Å². The molecule has 0 atom stereocenters. The van der Waals surface area contributed by atoms with Gasteiger partial charge in [0.05, 0.1) is 0 Å². The monoisotopic (exact) mass is 215 g/mol. The van der Waals surface area contributed by atoms with Crippen LogP contribution in [0.3, 0.4) is 0 Å². The molecule has 8 heteroatoms. The molecule has 1 N–H and O–H groups in total. The third-order valence-electron chi connectivity index (χ3n) is 1.50. The van der Waals surface area contributed by atoms with E-state index in [1.807, 2.05) is 5.10 Å². The molecule has 0 radical (unpaired) electrons. The SMILES string of the molecule is CCc1nc(C(F)(F)C(F)(F)F)n[nH]1. The van der Waals surface area contributed by atoms with E-state index in [0.29, 0.717) is 0 Å². The number of H-pyrrole nitrogens is 1. The third kappa shape index (κ3) is 1.68. The Morgan fingerprint density at radius 1 is 1.21 bits per heavy atom. The number of aryl methyl sites for hydroxylation is 1. The zero-order valence-corrected chi connectivity index (χ0v) is 6.99. The molecule has 80 valence electrons. The van der Waals surface area contributed by atoms with E-state index in [9.17, 15) is 22.0 Å². The summed E-state index contributed by atoms with van der Waals surface area (Å²) in [5.41, 5.74) is 0. The Balaban J connectivity index is 3.04. The van der Waals surface area contributed by atoms with Crippen LogP contribution in [0.1, 0.15) is 18.6 Å². The first kappa shape index (κ1) is 10.9. The average Bonchev–Trinajstić information content (AvgIpc) is 2.49. The van der Waals surface area contributed by atoms with Crippen LogP contribution in [0, 0.1) is 0 Å². The number of aromatic nitrogens is 3. The fourth-order valence-corrected chi connectivity index (χ4v) is 0.721. The second kappa shape index (κ2) is 3.18. The van der Waals surface area contributed by atoms with Crippen LogP contribution in [-0.4, -0.2) is 21.4 Å². The van der Waals surface area contributed by atoms with Crippen LogP contribution in [0.2, 0.25) is 0 Å². The molecule has 1 rings (SSSR count). The Labute approximate surface area is 75.3 Å². The largest absolute Gasteiger partial charge is 0.461 e. The Morgan fingerprint density at radius 3 is 2.14 bits per heavy atom. The molecule has 0 saturated heterocycles. The highest BCUT2D eigenvalue weighted by Crippen LogP contribution is 2.42. The predicted molar refractivity (Wildman–Crippen MR) is 35.7 cm³/mol. The van der Waals surface area contributed by atoms with Crippen molar-refractivity contribution in [2.45, 2.75) is 25.4 Å². The highest BCUT2D eigenvalue weighted by molar-refractivity contribution is 5.01. The lowest BCUT2D eigenvalue weighted by molar-refractivity contribution is -0.292. The maximum atomic E-state index is 12.5. The Hall–Kier alpha value is -1.21. The van der Waals surface area contributed by atoms with Crippen LogP contribution >= 0.6 is 0 Å². The summed E-state index contributed by atoms with van der Waals surface area (Å²) in [6, 6.07) is 0. The minimum atomic E-state index is -5.67. The molecule has 0 unspecified atom stereocenters. The van der Waals surface area contributed by atoms with Gasteiger partial charge in [0.1, 0.15) is 5.82 Å². The standard InChI is InChI=1S/C6H6F5N3/c1-2-3-12-4(14-13-3)5(7,8)6(9,10)11/h2H2,1H3,(H,12,13,14). The molecule has 0 bridgehead atoms. The van der Waals surface area contributed by atoms with Crippen LogP contribution in [0.5, 0.6) is 0 Å². The summed E-state index contributed by atoms with van der Waals surface area (Å²) in [5, 5.41) is 4.81. The summed E-state index contributed by atoms with van der Waals surface area (Å²) in [6.07, 6.45) is -5.46. The molecule has 1 heterocycles. The number of halogens is 5. The first-order chi connectivity index (χ1) is 6.29. The minimum Gasteiger partial charge on any atom is -0.263 e. The van der Waals surface area contributed by atoms with Gasteiger partial charge < -0.3 is 0 Å². The molecule has 0 aromatic carbocycles. The minimum absolute atomic E-state index is 0.0103. The van der Waals surface area contributed by atoms with Gasteiger partial charge >= 0.3 is 12.1 Å². The normalized spacial score (nSPS) is 13.3. The van der Waals surface area contributed by atoms with Crippen molar-refractivity contribution in [3.05, 3.63) is 11.6 Å². The molecule has 1 aromatic heterocycles. The summed E-state index contributed by atoms with van der Waals surface area (Å²) in [7, 11) is 0. The molecule has 0 aliphatic heterocycles. The Morgan fingerprint density at radius 2 is 1.79 bits per heavy atom. The van der Waals surface area contributed by atoms with Gasteiger partial charge in [-0.1, -0.05) is 6.92 Å². The van der Waals surface area contributed by atoms with E-state index in [4.69, 9.17) is 0 Å². The van der Waals surface area contributed by atoms with E-state index in [1.165, 1.54) is 0 Å². The maximum Gasteiger partial charge on any atom is 0.461 e. The molecule has 0 spiro atoms. The smallest absolute Gasteiger partial charge is 0.263 e. The van der Waals surface area contributed by atoms with E-state index >= 15 is 0 Å². The zero-order chi connectivity index (χ0) is 11.0. The number of nitrogens with one attached hydrogen (secondary N) is 1. The highest BCUT2D eigenvalue weighted by Gasteiger charge is 2.61. The van der Waals surface area contributed by atoms with Crippen molar-refractivity contribution in [1.29, 1.82) is 0 Å². The van der Waals surface area contributed by atoms with Gasteiger partial charge in [0.2, 0.25) is 5.82 Å². The van der Waals surface area contributed by atoms with Gasteiger partial charge in [0.15, 0.2) is 0 Å². The molecule has 0 aliphatic carbocycles. The van der Waals surface area contributed by atoms with Crippen molar-refractivity contribution in [1.82, 2.24) is 15.2 Å². The lowest BCUT2D eigenvalue weighted by atomic mass is 10.3. The number of aromatic amines is 1. The van der Waals surface area contributed by atoms with Crippen LogP contribution in [0.4, 0.5) is 22.0 Å². The molecular formula is C6H6F5N3. The summed E-state index contributed by atoms with van der Waals surface area (Å²) in [5.74, 6) is -6.55. The van der Waals surface area contributed by atoms with E-state index in [2.05, 4.69) is 10.1 Å². The van der Waals surface area contributed by atoms with Crippen molar-refractivity contribution in [3.63, 3.8) is 0 Å². The lowest BCUT2D eigenvalue weighted by Crippen LogP contribution is -2.34. The van der Waals surface area contributed by atoms with Crippen molar-refractivity contribution < 1.29 is 22.0 Å². The van der Waals surface area contributed by atoms with Crippen LogP contribution in [0.15, 0.2) is 0 Å². The number of rotatable bonds is 2. The van der Waals surface area contributed by atoms with E-state index in [1.54, 1.807) is 6.92 Å². The summed E-state index contributed by atoms with van der Waals surface area (Å²) >= 11 is 0. The van der Waals surface area contributed by atoms with Gasteiger partial charge in [-0.3, -0.25) is 5.10 Å². The first-order valence-electron chi connectivity index (χ1n) is 3.65. The Bertz CT molecular complexity index is 316. The van der Waals surface area contributed by atoms with Crippen molar-refractivity contribution in [2.75, 3.05) is 0 Å². The fraction of sp³-hybridized carbons (Fsp3) is 0.667. The fourth-order valence-electron chi connectivity index (χ4n) is 0.721. The number of hydrogen-bond acceptors (Lipinski definition) is 2. The van der Waals surface area contributed by atoms with Crippen molar-refractivity contribution in [3.8, 4) is 0 Å². The molecular weight excluding hydrogens is 209 g/mol. The van der Waals surface area contributed by atoms with Gasteiger partial charge in [-0.2, -0.15) is 27.1 Å². The third-order valence-corrected chi connectivity index (χ3v) is 1.50. The van der Waals surface area contributed by atoms with Gasteiger partial charge in [-0.25, -0.2) is 4.98 Å². The first-order valence-corrected chi connectivity index (χ1v) is 3.65. The molecule has 0 aliphatic rings. The number of nitrogens with zero attached hydrogens (tertiary/aromatic N) is 2.